The first-order valence-electron chi connectivity index (χ1n) is 6.09. The third-order valence-corrected chi connectivity index (χ3v) is 3.36. The Balaban J connectivity index is 2.04. The normalized spacial score (nSPS) is 24.5. The first-order chi connectivity index (χ1) is 7.60. The van der Waals surface area contributed by atoms with Crippen molar-refractivity contribution in [2.24, 2.45) is 5.92 Å². The molecule has 16 heavy (non-hydrogen) atoms. The minimum Gasteiger partial charge on any atom is -0.311 e. The van der Waals surface area contributed by atoms with Crippen molar-refractivity contribution in [3.8, 4) is 0 Å². The largest absolute Gasteiger partial charge is 0.311 e. The van der Waals surface area contributed by atoms with Crippen molar-refractivity contribution in [3.63, 3.8) is 0 Å². The molecule has 1 heterocycles. The van der Waals surface area contributed by atoms with E-state index in [4.69, 9.17) is 0 Å². The zero-order chi connectivity index (χ0) is 11.6. The molecular formula is C14H20FN. The average molecular weight is 221 g/mol. The van der Waals surface area contributed by atoms with Crippen LogP contribution in [0, 0.1) is 11.7 Å². The standard InChI is InChI=1S/C14H20FN/c1-11(2)9-14(7-8-16-14)10-12-3-5-13(15)6-4-12/h3-6,11,16H,7-10H2,1-2H3. The number of nitrogens with one attached hydrogen (secondary N) is 1. The number of hydrogen-bond acceptors (Lipinski definition) is 1. The molecule has 0 aromatic heterocycles. The van der Waals surface area contributed by atoms with Crippen molar-refractivity contribution in [2.45, 2.75) is 38.6 Å². The number of hydrogen-bond donors (Lipinski definition) is 1. The first kappa shape index (κ1) is 11.6. The maximum absolute atomic E-state index is 12.8. The van der Waals surface area contributed by atoms with E-state index in [1.807, 2.05) is 12.1 Å². The Kier molecular flexibility index (Phi) is 3.29. The van der Waals surface area contributed by atoms with Crippen molar-refractivity contribution >= 4 is 0 Å². The van der Waals surface area contributed by atoms with E-state index in [2.05, 4.69) is 19.2 Å². The molecule has 1 unspecified atom stereocenters. The van der Waals surface area contributed by atoms with Crippen molar-refractivity contribution in [3.05, 3.63) is 35.6 Å². The maximum Gasteiger partial charge on any atom is 0.123 e. The van der Waals surface area contributed by atoms with E-state index in [0.29, 0.717) is 5.92 Å². The zero-order valence-electron chi connectivity index (χ0n) is 10.1. The van der Waals surface area contributed by atoms with E-state index in [0.717, 1.165) is 13.0 Å². The molecule has 0 aliphatic carbocycles. The predicted octanol–water partition coefficient (Wildman–Crippen LogP) is 3.15. The second-order valence-electron chi connectivity index (χ2n) is 5.36. The van der Waals surface area contributed by atoms with Gasteiger partial charge in [0.25, 0.3) is 0 Å². The molecule has 1 fully saturated rings. The highest BCUT2D eigenvalue weighted by atomic mass is 19.1. The monoisotopic (exact) mass is 221 g/mol. The molecule has 0 amide bonds. The molecular weight excluding hydrogens is 201 g/mol. The van der Waals surface area contributed by atoms with Crippen LogP contribution in [0.5, 0.6) is 0 Å². The number of rotatable bonds is 4. The van der Waals surface area contributed by atoms with E-state index >= 15 is 0 Å². The lowest BCUT2D eigenvalue weighted by Gasteiger charge is -2.45. The average Bonchev–Trinajstić information content (AvgIpc) is 2.17. The van der Waals surface area contributed by atoms with E-state index in [1.165, 1.54) is 18.4 Å². The Hall–Kier alpha value is -0.890. The molecule has 1 aromatic carbocycles. The SMILES string of the molecule is CC(C)CC1(Cc2ccc(F)cc2)CCN1. The Labute approximate surface area is 97.1 Å². The molecule has 1 aliphatic heterocycles. The van der Waals surface area contributed by atoms with Crippen LogP contribution in [0.2, 0.25) is 0 Å². The summed E-state index contributed by atoms with van der Waals surface area (Å²) < 4.78 is 12.8. The summed E-state index contributed by atoms with van der Waals surface area (Å²) in [6.45, 7) is 5.63. The van der Waals surface area contributed by atoms with E-state index in [1.54, 1.807) is 12.1 Å². The van der Waals surface area contributed by atoms with Crippen LogP contribution in [-0.4, -0.2) is 12.1 Å². The molecule has 1 saturated heterocycles. The minimum absolute atomic E-state index is 0.150. The van der Waals surface area contributed by atoms with Gasteiger partial charge in [-0.3, -0.25) is 0 Å². The van der Waals surface area contributed by atoms with Crippen LogP contribution < -0.4 is 5.32 Å². The third-order valence-electron chi connectivity index (χ3n) is 3.36. The van der Waals surface area contributed by atoms with Gasteiger partial charge >= 0.3 is 0 Å². The van der Waals surface area contributed by atoms with Crippen molar-refractivity contribution in [1.29, 1.82) is 0 Å². The molecule has 0 radical (unpaired) electrons. The molecule has 88 valence electrons. The van der Waals surface area contributed by atoms with Gasteiger partial charge in [-0.05, 0) is 49.4 Å². The van der Waals surface area contributed by atoms with Gasteiger partial charge in [-0.25, -0.2) is 4.39 Å². The summed E-state index contributed by atoms with van der Waals surface area (Å²) >= 11 is 0. The van der Waals surface area contributed by atoms with Gasteiger partial charge in [0.05, 0.1) is 0 Å². The van der Waals surface area contributed by atoms with Gasteiger partial charge in [0.15, 0.2) is 0 Å². The molecule has 0 saturated carbocycles. The molecule has 1 atom stereocenters. The number of benzene rings is 1. The minimum atomic E-state index is -0.150. The fraction of sp³-hybridized carbons (Fsp3) is 0.571. The van der Waals surface area contributed by atoms with Crippen molar-refractivity contribution in [2.75, 3.05) is 6.54 Å². The Bertz CT molecular complexity index is 338. The highest BCUT2D eigenvalue weighted by Gasteiger charge is 2.36. The molecule has 1 N–H and O–H groups in total. The molecule has 1 aliphatic rings. The lowest BCUT2D eigenvalue weighted by atomic mass is 9.76. The molecule has 1 nitrogen and oxygen atoms in total. The van der Waals surface area contributed by atoms with Crippen LogP contribution in [0.4, 0.5) is 4.39 Å². The predicted molar refractivity (Wildman–Crippen MR) is 64.9 cm³/mol. The molecule has 0 bridgehead atoms. The highest BCUT2D eigenvalue weighted by molar-refractivity contribution is 5.20. The van der Waals surface area contributed by atoms with Crippen molar-refractivity contribution in [1.82, 2.24) is 5.32 Å². The maximum atomic E-state index is 12.8. The summed E-state index contributed by atoms with van der Waals surface area (Å²) in [6, 6.07) is 6.91. The zero-order valence-corrected chi connectivity index (χ0v) is 10.1. The summed E-state index contributed by atoms with van der Waals surface area (Å²) in [4.78, 5) is 0. The second-order valence-corrected chi connectivity index (χ2v) is 5.36. The summed E-state index contributed by atoms with van der Waals surface area (Å²) in [5, 5.41) is 3.56. The summed E-state index contributed by atoms with van der Waals surface area (Å²) in [5.41, 5.74) is 1.50. The Morgan fingerprint density at radius 1 is 1.31 bits per heavy atom. The van der Waals surface area contributed by atoms with Gasteiger partial charge in [0.2, 0.25) is 0 Å². The summed E-state index contributed by atoms with van der Waals surface area (Å²) in [5.74, 6) is 0.552. The van der Waals surface area contributed by atoms with Gasteiger partial charge < -0.3 is 5.32 Å². The topological polar surface area (TPSA) is 12.0 Å². The third kappa shape index (κ3) is 2.62. The molecule has 0 spiro atoms. The van der Waals surface area contributed by atoms with E-state index in [9.17, 15) is 4.39 Å². The van der Waals surface area contributed by atoms with Gasteiger partial charge in [0, 0.05) is 5.54 Å². The van der Waals surface area contributed by atoms with E-state index < -0.39 is 0 Å². The molecule has 1 aromatic rings. The van der Waals surface area contributed by atoms with Crippen LogP contribution in [-0.2, 0) is 6.42 Å². The summed E-state index contributed by atoms with van der Waals surface area (Å²) in [7, 11) is 0. The second kappa shape index (κ2) is 4.54. The lowest BCUT2D eigenvalue weighted by molar-refractivity contribution is 0.168. The lowest BCUT2D eigenvalue weighted by Crippen LogP contribution is -2.59. The fourth-order valence-electron chi connectivity index (χ4n) is 2.65. The fourth-order valence-corrected chi connectivity index (χ4v) is 2.65. The Morgan fingerprint density at radius 2 is 1.94 bits per heavy atom. The smallest absolute Gasteiger partial charge is 0.123 e. The van der Waals surface area contributed by atoms with Gasteiger partial charge in [-0.15, -0.1) is 0 Å². The van der Waals surface area contributed by atoms with E-state index in [-0.39, 0.29) is 11.4 Å². The Morgan fingerprint density at radius 3 is 2.38 bits per heavy atom. The van der Waals surface area contributed by atoms with Crippen LogP contribution in [0.3, 0.4) is 0 Å². The van der Waals surface area contributed by atoms with Gasteiger partial charge in [-0.2, -0.15) is 0 Å². The first-order valence-corrected chi connectivity index (χ1v) is 6.09. The number of halogens is 1. The highest BCUT2D eigenvalue weighted by Crippen LogP contribution is 2.30. The van der Waals surface area contributed by atoms with Crippen molar-refractivity contribution < 1.29 is 4.39 Å². The van der Waals surface area contributed by atoms with Crippen LogP contribution in [0.25, 0.3) is 0 Å². The van der Waals surface area contributed by atoms with Gasteiger partial charge in [0.1, 0.15) is 5.82 Å². The quantitative estimate of drug-likeness (QED) is 0.823. The molecule has 2 rings (SSSR count). The van der Waals surface area contributed by atoms with Crippen LogP contribution in [0.1, 0.15) is 32.3 Å². The van der Waals surface area contributed by atoms with Crippen LogP contribution in [0.15, 0.2) is 24.3 Å². The molecule has 2 heteroatoms. The van der Waals surface area contributed by atoms with Crippen LogP contribution >= 0.6 is 0 Å². The van der Waals surface area contributed by atoms with Gasteiger partial charge in [-0.1, -0.05) is 26.0 Å². The summed E-state index contributed by atoms with van der Waals surface area (Å²) in [6.07, 6.45) is 3.46.